The van der Waals surface area contributed by atoms with E-state index in [0.717, 1.165) is 0 Å². The van der Waals surface area contributed by atoms with Gasteiger partial charge in [-0.1, -0.05) is 0 Å². The van der Waals surface area contributed by atoms with E-state index in [9.17, 15) is 14.9 Å². The van der Waals surface area contributed by atoms with E-state index >= 15 is 0 Å². The fourth-order valence-corrected chi connectivity index (χ4v) is 1.26. The molecule has 0 amide bonds. The van der Waals surface area contributed by atoms with E-state index in [0.29, 0.717) is 11.5 Å². The number of nitrogens with zero attached hydrogens (tertiary/aromatic N) is 1. The molecule has 1 heterocycles. The first-order valence-corrected chi connectivity index (χ1v) is 4.76. The molecule has 17 heavy (non-hydrogen) atoms. The van der Waals surface area contributed by atoms with Gasteiger partial charge in [0.25, 0.3) is 11.2 Å². The zero-order valence-corrected chi connectivity index (χ0v) is 8.62. The van der Waals surface area contributed by atoms with Crippen LogP contribution in [0.3, 0.4) is 0 Å². The molecule has 1 aromatic heterocycles. The fraction of sp³-hybridized carbons (Fsp3) is 0. The number of hydrogen-bond donors (Lipinski definition) is 1. The van der Waals surface area contributed by atoms with Crippen molar-refractivity contribution in [3.05, 3.63) is 63.1 Å². The van der Waals surface area contributed by atoms with Gasteiger partial charge in [0.15, 0.2) is 0 Å². The van der Waals surface area contributed by atoms with Crippen LogP contribution in [0, 0.1) is 10.1 Å². The number of aromatic amines is 1. The average molecular weight is 232 g/mol. The van der Waals surface area contributed by atoms with Gasteiger partial charge in [-0.25, -0.2) is 0 Å². The molecule has 0 saturated carbocycles. The summed E-state index contributed by atoms with van der Waals surface area (Å²) in [5.41, 5.74) is -0.285. The Balaban J connectivity index is 2.19. The summed E-state index contributed by atoms with van der Waals surface area (Å²) in [6, 6.07) is 8.49. The summed E-state index contributed by atoms with van der Waals surface area (Å²) in [6.45, 7) is 0. The first-order chi connectivity index (χ1) is 8.15. The van der Waals surface area contributed by atoms with Crippen molar-refractivity contribution in [2.75, 3.05) is 0 Å². The molecule has 6 nitrogen and oxygen atoms in total. The lowest BCUT2D eigenvalue weighted by molar-refractivity contribution is -0.384. The number of ether oxygens (including phenoxy) is 1. The molecule has 0 radical (unpaired) electrons. The monoisotopic (exact) mass is 232 g/mol. The zero-order valence-electron chi connectivity index (χ0n) is 8.62. The van der Waals surface area contributed by atoms with E-state index in [2.05, 4.69) is 4.98 Å². The Morgan fingerprint density at radius 1 is 1.12 bits per heavy atom. The lowest BCUT2D eigenvalue weighted by atomic mass is 10.3. The van der Waals surface area contributed by atoms with Crippen molar-refractivity contribution in [1.29, 1.82) is 0 Å². The minimum absolute atomic E-state index is 0.0109. The van der Waals surface area contributed by atoms with Crippen molar-refractivity contribution >= 4 is 5.69 Å². The molecule has 0 bridgehead atoms. The summed E-state index contributed by atoms with van der Waals surface area (Å²) >= 11 is 0. The predicted octanol–water partition coefficient (Wildman–Crippen LogP) is 2.08. The van der Waals surface area contributed by atoms with Gasteiger partial charge in [-0.2, -0.15) is 0 Å². The van der Waals surface area contributed by atoms with Crippen LogP contribution in [0.2, 0.25) is 0 Å². The number of nitro groups is 1. The zero-order chi connectivity index (χ0) is 12.3. The number of aromatic nitrogens is 1. The Bertz CT molecular complexity index is 589. The molecular formula is C11H8N2O4. The van der Waals surface area contributed by atoms with Gasteiger partial charge < -0.3 is 9.72 Å². The van der Waals surface area contributed by atoms with Crippen LogP contribution in [0.4, 0.5) is 5.69 Å². The van der Waals surface area contributed by atoms with Crippen molar-refractivity contribution in [2.45, 2.75) is 0 Å². The predicted molar refractivity (Wildman–Crippen MR) is 60.2 cm³/mol. The van der Waals surface area contributed by atoms with Crippen molar-refractivity contribution < 1.29 is 9.66 Å². The van der Waals surface area contributed by atoms with Gasteiger partial charge in [0.05, 0.1) is 4.92 Å². The van der Waals surface area contributed by atoms with Gasteiger partial charge in [0.1, 0.15) is 11.5 Å². The van der Waals surface area contributed by atoms with Gasteiger partial charge in [0.2, 0.25) is 0 Å². The minimum atomic E-state index is -0.489. The summed E-state index contributed by atoms with van der Waals surface area (Å²) < 4.78 is 5.35. The van der Waals surface area contributed by atoms with Crippen molar-refractivity contribution in [2.24, 2.45) is 0 Å². The largest absolute Gasteiger partial charge is 0.457 e. The molecule has 86 valence electrons. The van der Waals surface area contributed by atoms with E-state index in [4.69, 9.17) is 4.74 Å². The number of benzene rings is 1. The molecule has 0 spiro atoms. The van der Waals surface area contributed by atoms with E-state index in [1.54, 1.807) is 6.07 Å². The number of pyridine rings is 1. The summed E-state index contributed by atoms with van der Waals surface area (Å²) in [5, 5.41) is 10.4. The van der Waals surface area contributed by atoms with Crippen molar-refractivity contribution in [1.82, 2.24) is 4.98 Å². The molecule has 0 aliphatic carbocycles. The smallest absolute Gasteiger partial charge is 0.269 e. The normalized spacial score (nSPS) is 9.88. The van der Waals surface area contributed by atoms with Gasteiger partial charge >= 0.3 is 0 Å². The third kappa shape index (κ3) is 2.69. The minimum Gasteiger partial charge on any atom is -0.457 e. The van der Waals surface area contributed by atoms with Gasteiger partial charge in [-0.15, -0.1) is 0 Å². The highest BCUT2D eigenvalue weighted by Gasteiger charge is 2.04. The SMILES string of the molecule is O=c1cc(Oc2ccc([N+](=O)[O-])cc2)cc[nH]1. The molecule has 0 saturated heterocycles. The van der Waals surface area contributed by atoms with Crippen molar-refractivity contribution in [3.63, 3.8) is 0 Å². The van der Waals surface area contributed by atoms with Crippen LogP contribution in [0.1, 0.15) is 0 Å². The van der Waals surface area contributed by atoms with Crippen LogP contribution in [-0.2, 0) is 0 Å². The number of rotatable bonds is 3. The lowest BCUT2D eigenvalue weighted by Gasteiger charge is -2.03. The maximum absolute atomic E-state index is 11.0. The summed E-state index contributed by atoms with van der Waals surface area (Å²) in [6.07, 6.45) is 1.46. The number of non-ortho nitro benzene ring substituents is 1. The van der Waals surface area contributed by atoms with E-state index in [1.165, 1.54) is 36.5 Å². The Morgan fingerprint density at radius 2 is 1.82 bits per heavy atom. The van der Waals surface area contributed by atoms with Crippen LogP contribution in [0.15, 0.2) is 47.4 Å². The third-order valence-corrected chi connectivity index (χ3v) is 2.03. The molecule has 0 unspecified atom stereocenters. The molecule has 0 aliphatic heterocycles. The molecule has 0 atom stereocenters. The Labute approximate surface area is 95.6 Å². The number of H-pyrrole nitrogens is 1. The van der Waals surface area contributed by atoms with Crippen molar-refractivity contribution in [3.8, 4) is 11.5 Å². The molecule has 0 aliphatic rings. The molecule has 1 aromatic carbocycles. The second-order valence-corrected chi connectivity index (χ2v) is 3.24. The fourth-order valence-electron chi connectivity index (χ4n) is 1.26. The Morgan fingerprint density at radius 3 is 2.41 bits per heavy atom. The second-order valence-electron chi connectivity index (χ2n) is 3.24. The number of nitro benzene ring substituents is 1. The molecule has 2 rings (SSSR count). The Hall–Kier alpha value is -2.63. The Kier molecular flexibility index (Phi) is 2.87. The van der Waals surface area contributed by atoms with Gasteiger partial charge in [0, 0.05) is 24.4 Å². The standard InChI is InChI=1S/C11H8N2O4/c14-11-7-10(5-6-12-11)17-9-3-1-8(2-4-9)13(15)16/h1-7H,(H,12,14). The highest BCUT2D eigenvalue weighted by molar-refractivity contribution is 5.38. The number of hydrogen-bond acceptors (Lipinski definition) is 4. The first kappa shape index (κ1) is 10.9. The highest BCUT2D eigenvalue weighted by Crippen LogP contribution is 2.22. The maximum Gasteiger partial charge on any atom is 0.269 e. The van der Waals surface area contributed by atoms with Gasteiger partial charge in [-0.3, -0.25) is 14.9 Å². The molecule has 2 aromatic rings. The van der Waals surface area contributed by atoms with Crippen LogP contribution in [-0.4, -0.2) is 9.91 Å². The third-order valence-electron chi connectivity index (χ3n) is 2.03. The van der Waals surface area contributed by atoms with E-state index < -0.39 is 4.92 Å². The quantitative estimate of drug-likeness (QED) is 0.648. The second kappa shape index (κ2) is 4.48. The van der Waals surface area contributed by atoms with E-state index in [1.807, 2.05) is 0 Å². The van der Waals surface area contributed by atoms with Crippen LogP contribution in [0.5, 0.6) is 11.5 Å². The van der Waals surface area contributed by atoms with E-state index in [-0.39, 0.29) is 11.2 Å². The van der Waals surface area contributed by atoms with Crippen LogP contribution in [0.25, 0.3) is 0 Å². The molecule has 0 fully saturated rings. The topological polar surface area (TPSA) is 85.2 Å². The highest BCUT2D eigenvalue weighted by atomic mass is 16.6. The number of nitrogens with one attached hydrogen (secondary N) is 1. The van der Waals surface area contributed by atoms with Crippen LogP contribution < -0.4 is 10.3 Å². The molecular weight excluding hydrogens is 224 g/mol. The van der Waals surface area contributed by atoms with Gasteiger partial charge in [-0.05, 0) is 18.2 Å². The first-order valence-electron chi connectivity index (χ1n) is 4.76. The summed E-state index contributed by atoms with van der Waals surface area (Å²) in [4.78, 5) is 23.4. The molecule has 1 N–H and O–H groups in total. The summed E-state index contributed by atoms with van der Waals surface area (Å²) in [5.74, 6) is 0.809. The average Bonchev–Trinajstić information content (AvgIpc) is 2.29. The summed E-state index contributed by atoms with van der Waals surface area (Å²) in [7, 11) is 0. The maximum atomic E-state index is 11.0. The lowest BCUT2D eigenvalue weighted by Crippen LogP contribution is -2.02. The molecule has 6 heteroatoms. The van der Waals surface area contributed by atoms with Crippen LogP contribution >= 0.6 is 0 Å².